The Balaban J connectivity index is 2.10. The molecule has 1 fully saturated rings. The molecule has 2 aromatic rings. The molecule has 6 heteroatoms. The van der Waals surface area contributed by atoms with Gasteiger partial charge in [0.25, 0.3) is 0 Å². The molecule has 0 bridgehead atoms. The summed E-state index contributed by atoms with van der Waals surface area (Å²) in [6.45, 7) is 0. The predicted octanol–water partition coefficient (Wildman–Crippen LogP) is 2.84. The Hall–Kier alpha value is -1.93. The highest BCUT2D eigenvalue weighted by Crippen LogP contribution is 2.37. The lowest BCUT2D eigenvalue weighted by molar-refractivity contribution is 0.674. The number of nitrogens with zero attached hydrogens (tertiary/aromatic N) is 5. The zero-order valence-electron chi connectivity index (χ0n) is 10.3. The number of aromatic nitrogens is 4. The molecule has 5 nitrogen and oxygen atoms in total. The minimum atomic E-state index is 0.336. The molecule has 2 aromatic heterocycles. The molecule has 19 heavy (non-hydrogen) atoms. The van der Waals surface area contributed by atoms with Gasteiger partial charge in [-0.2, -0.15) is 10.4 Å². The van der Waals surface area contributed by atoms with E-state index in [0.717, 1.165) is 18.5 Å². The fourth-order valence-electron chi connectivity index (χ4n) is 2.56. The molecule has 0 N–H and O–H groups in total. The van der Waals surface area contributed by atoms with Gasteiger partial charge < -0.3 is 0 Å². The van der Waals surface area contributed by atoms with E-state index < -0.39 is 0 Å². The molecular weight excluding hydrogens is 262 g/mol. The quantitative estimate of drug-likeness (QED) is 0.844. The number of rotatable bonds is 2. The van der Waals surface area contributed by atoms with E-state index in [0.29, 0.717) is 22.5 Å². The van der Waals surface area contributed by atoms with Gasteiger partial charge in [-0.25, -0.2) is 14.6 Å². The molecule has 0 aliphatic heterocycles. The van der Waals surface area contributed by atoms with Crippen LogP contribution >= 0.6 is 11.6 Å². The maximum atomic E-state index is 9.30. The minimum Gasteiger partial charge on any atom is -0.245 e. The van der Waals surface area contributed by atoms with E-state index in [1.165, 1.54) is 23.9 Å². The third-order valence-electron chi connectivity index (χ3n) is 3.49. The average Bonchev–Trinajstić information content (AvgIpc) is 3.07. The van der Waals surface area contributed by atoms with Crippen LogP contribution in [0.15, 0.2) is 18.6 Å². The molecule has 0 aromatic carbocycles. The average molecular weight is 274 g/mol. The van der Waals surface area contributed by atoms with Crippen molar-refractivity contribution in [2.45, 2.75) is 31.6 Å². The zero-order valence-corrected chi connectivity index (χ0v) is 11.0. The monoisotopic (exact) mass is 273 g/mol. The molecule has 3 rings (SSSR count). The summed E-state index contributed by atoms with van der Waals surface area (Å²) in [6.07, 6.45) is 7.59. The Morgan fingerprint density at radius 3 is 2.79 bits per heavy atom. The summed E-state index contributed by atoms with van der Waals surface area (Å²) in [6, 6.07) is 3.89. The highest BCUT2D eigenvalue weighted by atomic mass is 35.5. The Labute approximate surface area is 115 Å². The SMILES string of the molecule is N#Cc1c(C2CCCC2)nn(-c2ccncn2)c1Cl. The number of halogens is 1. The largest absolute Gasteiger partial charge is 0.245 e. The van der Waals surface area contributed by atoms with Gasteiger partial charge in [0.05, 0.1) is 5.69 Å². The molecule has 0 atom stereocenters. The van der Waals surface area contributed by atoms with Crippen LogP contribution in [0.2, 0.25) is 5.15 Å². The summed E-state index contributed by atoms with van der Waals surface area (Å²) in [5.74, 6) is 0.927. The van der Waals surface area contributed by atoms with Crippen molar-refractivity contribution >= 4 is 11.6 Å². The molecular formula is C13H12ClN5. The van der Waals surface area contributed by atoms with Crippen LogP contribution in [0, 0.1) is 11.3 Å². The molecule has 1 aliphatic rings. The molecule has 0 saturated heterocycles. The van der Waals surface area contributed by atoms with Crippen LogP contribution < -0.4 is 0 Å². The summed E-state index contributed by atoms with van der Waals surface area (Å²) in [5.41, 5.74) is 1.29. The number of hydrogen-bond donors (Lipinski definition) is 0. The van der Waals surface area contributed by atoms with Crippen LogP contribution in [-0.4, -0.2) is 19.7 Å². The van der Waals surface area contributed by atoms with Gasteiger partial charge in [-0.15, -0.1) is 0 Å². The second-order valence-electron chi connectivity index (χ2n) is 4.62. The minimum absolute atomic E-state index is 0.336. The van der Waals surface area contributed by atoms with E-state index in [2.05, 4.69) is 21.1 Å². The molecule has 96 valence electrons. The highest BCUT2D eigenvalue weighted by molar-refractivity contribution is 6.31. The lowest BCUT2D eigenvalue weighted by Crippen LogP contribution is -2.01. The van der Waals surface area contributed by atoms with Gasteiger partial charge in [-0.05, 0) is 12.8 Å². The van der Waals surface area contributed by atoms with Gasteiger partial charge in [-0.1, -0.05) is 24.4 Å². The topological polar surface area (TPSA) is 67.4 Å². The maximum absolute atomic E-state index is 9.30. The smallest absolute Gasteiger partial charge is 0.158 e. The van der Waals surface area contributed by atoms with Crippen molar-refractivity contribution in [2.24, 2.45) is 0 Å². The maximum Gasteiger partial charge on any atom is 0.158 e. The first kappa shape index (κ1) is 12.1. The van der Waals surface area contributed by atoms with Crippen molar-refractivity contribution in [3.05, 3.63) is 35.0 Å². The van der Waals surface area contributed by atoms with Crippen molar-refractivity contribution in [1.82, 2.24) is 19.7 Å². The Bertz CT molecular complexity index is 622. The number of nitriles is 1. The fraction of sp³-hybridized carbons (Fsp3) is 0.385. The lowest BCUT2D eigenvalue weighted by atomic mass is 10.0. The molecule has 0 radical (unpaired) electrons. The first-order chi connectivity index (χ1) is 9.31. The summed E-state index contributed by atoms with van der Waals surface area (Å²) >= 11 is 6.26. The molecule has 2 heterocycles. The second-order valence-corrected chi connectivity index (χ2v) is 4.98. The lowest BCUT2D eigenvalue weighted by Gasteiger charge is -2.04. The standard InChI is InChI=1S/C13H12ClN5/c14-13-10(7-15)12(9-3-1-2-4-9)18-19(13)11-5-6-16-8-17-11/h5-6,8-9H,1-4H2. The van der Waals surface area contributed by atoms with E-state index in [1.807, 2.05) is 0 Å². The zero-order chi connectivity index (χ0) is 13.2. The predicted molar refractivity (Wildman–Crippen MR) is 70.1 cm³/mol. The van der Waals surface area contributed by atoms with Gasteiger partial charge in [0.1, 0.15) is 18.0 Å². The Morgan fingerprint density at radius 1 is 1.37 bits per heavy atom. The fourth-order valence-corrected chi connectivity index (χ4v) is 2.83. The van der Waals surface area contributed by atoms with Crippen molar-refractivity contribution in [1.29, 1.82) is 5.26 Å². The number of hydrogen-bond acceptors (Lipinski definition) is 4. The Morgan fingerprint density at radius 2 is 2.16 bits per heavy atom. The van der Waals surface area contributed by atoms with Crippen LogP contribution in [0.25, 0.3) is 5.82 Å². The third-order valence-corrected chi connectivity index (χ3v) is 3.84. The van der Waals surface area contributed by atoms with Gasteiger partial charge in [0, 0.05) is 18.2 Å². The summed E-state index contributed by atoms with van der Waals surface area (Å²) in [5, 5.41) is 14.1. The normalized spacial score (nSPS) is 15.6. The molecule has 1 aliphatic carbocycles. The van der Waals surface area contributed by atoms with Crippen molar-refractivity contribution in [2.75, 3.05) is 0 Å². The third kappa shape index (κ3) is 2.08. The molecule has 0 amide bonds. The second kappa shape index (κ2) is 4.98. The Kier molecular flexibility index (Phi) is 3.18. The van der Waals surface area contributed by atoms with Crippen LogP contribution in [0.3, 0.4) is 0 Å². The van der Waals surface area contributed by atoms with Gasteiger partial charge in [-0.3, -0.25) is 0 Å². The van der Waals surface area contributed by atoms with Crippen molar-refractivity contribution < 1.29 is 0 Å². The van der Waals surface area contributed by atoms with E-state index in [4.69, 9.17) is 11.6 Å². The van der Waals surface area contributed by atoms with Crippen LogP contribution in [-0.2, 0) is 0 Å². The molecule has 1 saturated carbocycles. The van der Waals surface area contributed by atoms with E-state index in [1.54, 1.807) is 12.3 Å². The van der Waals surface area contributed by atoms with E-state index >= 15 is 0 Å². The van der Waals surface area contributed by atoms with Crippen LogP contribution in [0.5, 0.6) is 0 Å². The van der Waals surface area contributed by atoms with Crippen molar-refractivity contribution in [3.63, 3.8) is 0 Å². The van der Waals surface area contributed by atoms with Gasteiger partial charge in [0.15, 0.2) is 11.0 Å². The molecule has 0 spiro atoms. The summed E-state index contributed by atoms with van der Waals surface area (Å²) in [4.78, 5) is 7.99. The van der Waals surface area contributed by atoms with E-state index in [-0.39, 0.29) is 0 Å². The highest BCUT2D eigenvalue weighted by Gasteiger charge is 2.26. The van der Waals surface area contributed by atoms with Crippen LogP contribution in [0.1, 0.15) is 42.9 Å². The van der Waals surface area contributed by atoms with E-state index in [9.17, 15) is 5.26 Å². The summed E-state index contributed by atoms with van der Waals surface area (Å²) < 4.78 is 1.52. The van der Waals surface area contributed by atoms with Crippen LogP contribution in [0.4, 0.5) is 0 Å². The van der Waals surface area contributed by atoms with Crippen molar-refractivity contribution in [3.8, 4) is 11.9 Å². The summed E-state index contributed by atoms with van der Waals surface area (Å²) in [7, 11) is 0. The van der Waals surface area contributed by atoms with Gasteiger partial charge in [0.2, 0.25) is 0 Å². The first-order valence-electron chi connectivity index (χ1n) is 6.26. The van der Waals surface area contributed by atoms with Gasteiger partial charge >= 0.3 is 0 Å². The first-order valence-corrected chi connectivity index (χ1v) is 6.64. The molecule has 0 unspecified atom stereocenters.